The topological polar surface area (TPSA) is 94.6 Å². The van der Waals surface area contributed by atoms with E-state index in [1.54, 1.807) is 21.0 Å². The van der Waals surface area contributed by atoms with Crippen molar-refractivity contribution < 1.29 is 32.7 Å². The molecule has 0 radical (unpaired) electrons. The molecule has 1 unspecified atom stereocenters. The van der Waals surface area contributed by atoms with Crippen molar-refractivity contribution in [3.63, 3.8) is 0 Å². The van der Waals surface area contributed by atoms with E-state index in [2.05, 4.69) is 0 Å². The quantitative estimate of drug-likeness (QED) is 0.257. The van der Waals surface area contributed by atoms with E-state index in [4.69, 9.17) is 18.5 Å². The van der Waals surface area contributed by atoms with Crippen LogP contribution in [0.15, 0.2) is 48.5 Å². The van der Waals surface area contributed by atoms with E-state index in [1.807, 2.05) is 62.4 Å². The summed E-state index contributed by atoms with van der Waals surface area (Å²) in [5.41, 5.74) is 2.68. The molecule has 0 fully saturated rings. The molecule has 1 atom stereocenters. The van der Waals surface area contributed by atoms with Crippen LogP contribution in [0.3, 0.4) is 0 Å². The molecule has 0 aliphatic carbocycles. The van der Waals surface area contributed by atoms with Gasteiger partial charge in [-0.3, -0.25) is 4.57 Å². The maximum absolute atomic E-state index is 14.0. The third-order valence-corrected chi connectivity index (χ3v) is 8.13. The van der Waals surface area contributed by atoms with E-state index < -0.39 is 25.6 Å². The van der Waals surface area contributed by atoms with Crippen LogP contribution in [-0.4, -0.2) is 61.0 Å². The predicted octanol–water partition coefficient (Wildman–Crippen LogP) is 5.47. The molecule has 0 saturated heterocycles. The molecule has 2 aromatic carbocycles. The smallest absolute Gasteiger partial charge is 0.349 e. The van der Waals surface area contributed by atoms with E-state index in [9.17, 15) is 14.2 Å². The fourth-order valence-corrected chi connectivity index (χ4v) is 6.14. The molecule has 0 N–H and O–H groups in total. The summed E-state index contributed by atoms with van der Waals surface area (Å²) in [5, 5.41) is 0. The Hall–Kier alpha value is -2.87. The Bertz CT molecular complexity index is 1120. The van der Waals surface area contributed by atoms with Crippen LogP contribution >= 0.6 is 7.60 Å². The minimum absolute atomic E-state index is 0.0838. The van der Waals surface area contributed by atoms with E-state index in [0.717, 1.165) is 16.7 Å². The Morgan fingerprint density at radius 2 is 1.74 bits per heavy atom. The summed E-state index contributed by atoms with van der Waals surface area (Å²) in [4.78, 5) is 30.4. The van der Waals surface area contributed by atoms with Gasteiger partial charge in [-0.25, -0.2) is 9.59 Å². The zero-order chi connectivity index (χ0) is 27.7. The number of nitrogens with zero attached hydrogens (tertiary/aromatic N) is 2. The van der Waals surface area contributed by atoms with Gasteiger partial charge in [-0.1, -0.05) is 50.2 Å². The van der Waals surface area contributed by atoms with Crippen LogP contribution in [0.4, 0.5) is 4.79 Å². The number of rotatable bonds is 12. The third-order valence-electron chi connectivity index (χ3n) is 6.14. The highest BCUT2D eigenvalue weighted by atomic mass is 31.2. The Labute approximate surface area is 225 Å². The fraction of sp³-hybridized carbons (Fsp3) is 0.500. The van der Waals surface area contributed by atoms with Gasteiger partial charge in [0, 0.05) is 19.5 Å². The van der Waals surface area contributed by atoms with Crippen molar-refractivity contribution in [3.05, 3.63) is 65.2 Å². The number of benzene rings is 2. The molecule has 1 heterocycles. The van der Waals surface area contributed by atoms with Crippen LogP contribution < -0.4 is 4.74 Å². The van der Waals surface area contributed by atoms with E-state index in [1.165, 1.54) is 9.80 Å². The number of carbonyl (C=O) groups is 2. The van der Waals surface area contributed by atoms with Crippen LogP contribution in [0.25, 0.3) is 0 Å². The first kappa shape index (κ1) is 29.7. The summed E-state index contributed by atoms with van der Waals surface area (Å²) in [5.74, 6) is 0.258. The molecule has 0 saturated carbocycles. The van der Waals surface area contributed by atoms with Gasteiger partial charge in [-0.15, -0.1) is 0 Å². The van der Waals surface area contributed by atoms with Gasteiger partial charge in [0.15, 0.2) is 0 Å². The Balaban J connectivity index is 1.92. The predicted molar refractivity (Wildman–Crippen MR) is 145 cm³/mol. The lowest BCUT2D eigenvalue weighted by Gasteiger charge is -2.39. The molecule has 10 heteroatoms. The van der Waals surface area contributed by atoms with Gasteiger partial charge in [0.05, 0.1) is 20.3 Å². The normalized spacial score (nSPS) is 15.2. The molecular weight excluding hydrogens is 507 g/mol. The lowest BCUT2D eigenvalue weighted by atomic mass is 9.93. The van der Waals surface area contributed by atoms with Crippen molar-refractivity contribution in [2.75, 3.05) is 33.2 Å². The Morgan fingerprint density at radius 1 is 1.05 bits per heavy atom. The lowest BCUT2D eigenvalue weighted by molar-refractivity contribution is -0.151. The number of ether oxygens (including phenoxy) is 2. The molecule has 208 valence electrons. The van der Waals surface area contributed by atoms with Crippen molar-refractivity contribution in [3.8, 4) is 5.75 Å². The molecule has 0 spiro atoms. The number of urea groups is 1. The number of carbonyl (C=O) groups excluding carboxylic acids is 2. The zero-order valence-electron chi connectivity index (χ0n) is 22.9. The molecule has 1 aliphatic rings. The van der Waals surface area contributed by atoms with Crippen LogP contribution in [0.1, 0.15) is 44.4 Å². The molecule has 38 heavy (non-hydrogen) atoms. The first-order valence-electron chi connectivity index (χ1n) is 13.0. The summed E-state index contributed by atoms with van der Waals surface area (Å²) >= 11 is 0. The molecule has 2 aromatic rings. The largest absolute Gasteiger partial charge is 0.497 e. The molecule has 9 nitrogen and oxygen atoms in total. The summed E-state index contributed by atoms with van der Waals surface area (Å²) < 4.78 is 35.4. The van der Waals surface area contributed by atoms with Gasteiger partial charge in [0.25, 0.3) is 0 Å². The third kappa shape index (κ3) is 7.82. The number of fused-ring (bicyclic) bond motifs is 1. The molecule has 2 amide bonds. The van der Waals surface area contributed by atoms with Crippen molar-refractivity contribution >= 4 is 19.6 Å². The Kier molecular flexibility index (Phi) is 10.8. The number of hydrogen-bond acceptors (Lipinski definition) is 7. The van der Waals surface area contributed by atoms with Crippen LogP contribution in [-0.2, 0) is 42.7 Å². The second-order valence-electron chi connectivity index (χ2n) is 9.56. The minimum Gasteiger partial charge on any atom is -0.497 e. The number of methoxy groups -OCH3 is 1. The van der Waals surface area contributed by atoms with Crippen molar-refractivity contribution in [2.45, 2.75) is 53.3 Å². The molecule has 3 rings (SSSR count). The highest BCUT2D eigenvalue weighted by Crippen LogP contribution is 2.49. The van der Waals surface area contributed by atoms with Crippen molar-refractivity contribution in [2.24, 2.45) is 5.92 Å². The average Bonchev–Trinajstić information content (AvgIpc) is 2.90. The summed E-state index contributed by atoms with van der Waals surface area (Å²) in [6, 6.07) is 13.7. The SMILES string of the molecule is CCOP(=O)(CN(CC(C)C)C(=O)N1Cc2ccc(OC)cc2CC1C(=O)OCc1ccccc1)OCC. The monoisotopic (exact) mass is 546 g/mol. The van der Waals surface area contributed by atoms with Gasteiger partial charge in [0.1, 0.15) is 24.7 Å². The Morgan fingerprint density at radius 3 is 2.34 bits per heavy atom. The van der Waals surface area contributed by atoms with Gasteiger partial charge < -0.3 is 28.3 Å². The lowest BCUT2D eigenvalue weighted by Crippen LogP contribution is -2.54. The highest BCUT2D eigenvalue weighted by Gasteiger charge is 2.40. The van der Waals surface area contributed by atoms with Gasteiger partial charge >= 0.3 is 19.6 Å². The summed E-state index contributed by atoms with van der Waals surface area (Å²) in [6.07, 6.45) is 0.0689. The molecular formula is C28H39N2O7P. The number of esters is 1. The van der Waals surface area contributed by atoms with E-state index in [0.29, 0.717) is 12.3 Å². The van der Waals surface area contributed by atoms with E-state index in [-0.39, 0.29) is 45.0 Å². The van der Waals surface area contributed by atoms with E-state index >= 15 is 0 Å². The number of hydrogen-bond donors (Lipinski definition) is 0. The van der Waals surface area contributed by atoms with Gasteiger partial charge in [0.2, 0.25) is 0 Å². The standard InChI is InChI=1S/C28H39N2O7P/c1-6-36-38(33,37-7-2)20-29(17-21(3)4)28(32)30-18-23-13-14-25(34-5)15-24(23)16-26(30)27(31)35-19-22-11-9-8-10-12-22/h8-15,21,26H,6-7,16-20H2,1-5H3. The van der Waals surface area contributed by atoms with Crippen molar-refractivity contribution in [1.29, 1.82) is 0 Å². The summed E-state index contributed by atoms with van der Waals surface area (Å²) in [7, 11) is -1.98. The number of amides is 2. The molecule has 1 aliphatic heterocycles. The van der Waals surface area contributed by atoms with Gasteiger partial charge in [-0.2, -0.15) is 0 Å². The van der Waals surface area contributed by atoms with Gasteiger partial charge in [-0.05, 0) is 48.6 Å². The van der Waals surface area contributed by atoms with Crippen LogP contribution in [0.2, 0.25) is 0 Å². The minimum atomic E-state index is -3.56. The highest BCUT2D eigenvalue weighted by molar-refractivity contribution is 7.53. The second-order valence-corrected chi connectivity index (χ2v) is 11.6. The first-order valence-corrected chi connectivity index (χ1v) is 14.7. The fourth-order valence-electron chi connectivity index (χ4n) is 4.46. The van der Waals surface area contributed by atoms with Crippen molar-refractivity contribution in [1.82, 2.24) is 9.80 Å². The molecule has 0 bridgehead atoms. The molecule has 0 aromatic heterocycles. The average molecular weight is 547 g/mol. The van der Waals surface area contributed by atoms with Crippen LogP contribution in [0, 0.1) is 5.92 Å². The zero-order valence-corrected chi connectivity index (χ0v) is 23.8. The maximum atomic E-state index is 14.0. The maximum Gasteiger partial charge on any atom is 0.349 e. The second kappa shape index (κ2) is 13.8. The first-order chi connectivity index (χ1) is 18.2. The summed E-state index contributed by atoms with van der Waals surface area (Å²) in [6.45, 7) is 8.40. The van der Waals surface area contributed by atoms with Crippen LogP contribution in [0.5, 0.6) is 5.75 Å².